The minimum atomic E-state index is -0.687. The molecule has 3 aromatic rings. The van der Waals surface area contributed by atoms with E-state index in [1.54, 1.807) is 19.5 Å². The molecule has 2 unspecified atom stereocenters. The average molecular weight is 597 g/mol. The molecular formula is C31H41ClN6O4. The van der Waals surface area contributed by atoms with Gasteiger partial charge in [-0.3, -0.25) is 9.58 Å². The Balaban J connectivity index is 1.30. The van der Waals surface area contributed by atoms with E-state index >= 15 is 0 Å². The van der Waals surface area contributed by atoms with Crippen LogP contribution in [0.25, 0.3) is 10.9 Å². The monoisotopic (exact) mass is 596 g/mol. The third-order valence-electron chi connectivity index (χ3n) is 8.91. The molecule has 0 N–H and O–H groups in total. The number of ether oxygens (including phenoxy) is 3. The number of likely N-dealkylation sites (tertiary alicyclic amines) is 1. The van der Waals surface area contributed by atoms with Gasteiger partial charge in [-0.05, 0) is 97.0 Å². The van der Waals surface area contributed by atoms with E-state index in [0.29, 0.717) is 35.9 Å². The number of hydrogen-bond donors (Lipinski definition) is 0. The van der Waals surface area contributed by atoms with E-state index in [1.165, 1.54) is 4.90 Å². The predicted molar refractivity (Wildman–Crippen MR) is 162 cm³/mol. The van der Waals surface area contributed by atoms with Gasteiger partial charge < -0.3 is 14.2 Å². The van der Waals surface area contributed by atoms with Gasteiger partial charge in [-0.15, -0.1) is 0 Å². The van der Waals surface area contributed by atoms with Gasteiger partial charge >= 0.3 is 6.09 Å². The number of rotatable bonds is 6. The Bertz CT molecular complexity index is 1480. The van der Waals surface area contributed by atoms with Crippen molar-refractivity contribution >= 4 is 40.2 Å². The van der Waals surface area contributed by atoms with Crippen molar-refractivity contribution in [1.29, 1.82) is 0 Å². The van der Waals surface area contributed by atoms with Crippen LogP contribution in [0.2, 0.25) is 5.02 Å². The first-order chi connectivity index (χ1) is 20.0. The summed E-state index contributed by atoms with van der Waals surface area (Å²) in [5.74, 6) is 0.544. The normalized spacial score (nSPS) is 23.9. The molecule has 226 valence electrons. The second-order valence-electron chi connectivity index (χ2n) is 13.1. The molecule has 0 bridgehead atoms. The Hall–Kier alpha value is -2.79. The third-order valence-corrected chi connectivity index (χ3v) is 9.24. The summed E-state index contributed by atoms with van der Waals surface area (Å²) in [6.07, 6.45) is 7.07. The highest BCUT2D eigenvalue weighted by Gasteiger charge is 2.46. The van der Waals surface area contributed by atoms with Crippen LogP contribution < -0.4 is 4.90 Å². The first kappa shape index (κ1) is 29.3. The minimum absolute atomic E-state index is 0.0707. The smallest absolute Gasteiger partial charge is 0.422 e. The first-order valence-corrected chi connectivity index (χ1v) is 15.3. The molecule has 2 saturated heterocycles. The van der Waals surface area contributed by atoms with Gasteiger partial charge in [0.1, 0.15) is 11.7 Å². The molecule has 2 aromatic heterocycles. The van der Waals surface area contributed by atoms with Gasteiger partial charge in [0.25, 0.3) is 0 Å². The summed E-state index contributed by atoms with van der Waals surface area (Å²) in [4.78, 5) is 27.0. The molecule has 42 heavy (non-hydrogen) atoms. The number of hydrogen-bond acceptors (Lipinski definition) is 8. The molecule has 3 aliphatic rings. The molecule has 3 fully saturated rings. The van der Waals surface area contributed by atoms with Gasteiger partial charge in [-0.1, -0.05) is 11.6 Å². The van der Waals surface area contributed by atoms with E-state index in [0.717, 1.165) is 60.9 Å². The quantitative estimate of drug-likeness (QED) is 0.333. The van der Waals surface area contributed by atoms with Gasteiger partial charge in [0.05, 0.1) is 47.9 Å². The van der Waals surface area contributed by atoms with E-state index in [1.807, 2.05) is 38.4 Å². The highest BCUT2D eigenvalue weighted by molar-refractivity contribution is 6.32. The van der Waals surface area contributed by atoms with Crippen molar-refractivity contribution in [1.82, 2.24) is 24.6 Å². The van der Waals surface area contributed by atoms with Crippen LogP contribution >= 0.6 is 11.6 Å². The summed E-state index contributed by atoms with van der Waals surface area (Å²) >= 11 is 6.85. The molecule has 1 aliphatic carbocycles. The molecule has 2 atom stereocenters. The fourth-order valence-corrected chi connectivity index (χ4v) is 6.68. The molecule has 1 amide bonds. The highest BCUT2D eigenvalue weighted by atomic mass is 35.5. The van der Waals surface area contributed by atoms with Crippen molar-refractivity contribution in [2.75, 3.05) is 38.3 Å². The average Bonchev–Trinajstić information content (AvgIpc) is 3.61. The van der Waals surface area contributed by atoms with Crippen molar-refractivity contribution in [3.05, 3.63) is 40.8 Å². The zero-order valence-corrected chi connectivity index (χ0v) is 26.1. The van der Waals surface area contributed by atoms with Crippen molar-refractivity contribution in [3.8, 4) is 0 Å². The van der Waals surface area contributed by atoms with Gasteiger partial charge in [0.2, 0.25) is 5.95 Å². The number of anilines is 2. The molecule has 1 aromatic carbocycles. The van der Waals surface area contributed by atoms with Crippen LogP contribution in [-0.4, -0.2) is 81.4 Å². The summed E-state index contributed by atoms with van der Waals surface area (Å²) in [5.41, 5.74) is 2.51. The Labute approximate surface area is 252 Å². The standard InChI is InChI=1S/C31H41ClN6O4/c1-19-26(16-34-38(19)22-7-8-22)37(29(39)42-30(2,3)4)28-33-15-21-13-24(32)23(14-25(21)35-28)20-9-11-36(12-10-20)31(5)18-41-17-27(31)40-6/h13-16,20,22,27H,7-12,17-18H2,1-6H3. The van der Waals surface area contributed by atoms with Crippen molar-refractivity contribution < 1.29 is 19.0 Å². The molecule has 10 nitrogen and oxygen atoms in total. The lowest BCUT2D eigenvalue weighted by Gasteiger charge is -2.44. The summed E-state index contributed by atoms with van der Waals surface area (Å²) in [7, 11) is 1.76. The Morgan fingerprint density at radius 2 is 1.90 bits per heavy atom. The van der Waals surface area contributed by atoms with E-state index in [2.05, 4.69) is 28.0 Å². The maximum Gasteiger partial charge on any atom is 0.422 e. The molecule has 11 heteroatoms. The molecule has 4 heterocycles. The maximum absolute atomic E-state index is 13.6. The number of methoxy groups -OCH3 is 1. The van der Waals surface area contributed by atoms with Crippen molar-refractivity contribution in [2.24, 2.45) is 0 Å². The van der Waals surface area contributed by atoms with Crippen LogP contribution in [0.3, 0.4) is 0 Å². The number of carbonyl (C=O) groups excluding carboxylic acids is 1. The van der Waals surface area contributed by atoms with Crippen molar-refractivity contribution in [2.45, 2.75) is 89.5 Å². The summed E-state index contributed by atoms with van der Waals surface area (Å²) in [6.45, 7) is 12.9. The lowest BCUT2D eigenvalue weighted by molar-refractivity contribution is -0.0242. The minimum Gasteiger partial charge on any atom is -0.443 e. The highest BCUT2D eigenvalue weighted by Crippen LogP contribution is 2.40. The molecule has 6 rings (SSSR count). The Morgan fingerprint density at radius 3 is 2.57 bits per heavy atom. The van der Waals surface area contributed by atoms with Gasteiger partial charge in [-0.25, -0.2) is 19.7 Å². The number of halogens is 1. The number of benzene rings is 1. The molecule has 0 radical (unpaired) electrons. The number of nitrogens with zero attached hydrogens (tertiary/aromatic N) is 6. The fraction of sp³-hybridized carbons (Fsp3) is 0.613. The van der Waals surface area contributed by atoms with Crippen LogP contribution in [0, 0.1) is 6.92 Å². The largest absolute Gasteiger partial charge is 0.443 e. The summed E-state index contributed by atoms with van der Waals surface area (Å²) < 4.78 is 19.3. The molecule has 0 spiro atoms. The Kier molecular flexibility index (Phi) is 7.70. The lowest BCUT2D eigenvalue weighted by atomic mass is 9.85. The van der Waals surface area contributed by atoms with Gasteiger partial charge in [0.15, 0.2) is 0 Å². The first-order valence-electron chi connectivity index (χ1n) is 14.9. The number of amides is 1. The van der Waals surface area contributed by atoms with Crippen LogP contribution in [0.5, 0.6) is 0 Å². The van der Waals surface area contributed by atoms with E-state index in [9.17, 15) is 4.79 Å². The van der Waals surface area contributed by atoms with Gasteiger partial charge in [-0.2, -0.15) is 5.10 Å². The van der Waals surface area contributed by atoms with Crippen LogP contribution in [0.1, 0.15) is 76.6 Å². The third kappa shape index (κ3) is 5.50. The summed E-state index contributed by atoms with van der Waals surface area (Å²) in [5, 5.41) is 6.11. The van der Waals surface area contributed by atoms with Crippen LogP contribution in [0.15, 0.2) is 24.5 Å². The zero-order valence-electron chi connectivity index (χ0n) is 25.4. The van der Waals surface area contributed by atoms with E-state index in [4.69, 9.17) is 30.8 Å². The van der Waals surface area contributed by atoms with Crippen LogP contribution in [-0.2, 0) is 14.2 Å². The fourth-order valence-electron chi connectivity index (χ4n) is 6.36. The number of aromatic nitrogens is 4. The number of piperidine rings is 1. The number of fused-ring (bicyclic) bond motifs is 1. The molecular weight excluding hydrogens is 556 g/mol. The topological polar surface area (TPSA) is 94.8 Å². The Morgan fingerprint density at radius 1 is 1.17 bits per heavy atom. The second kappa shape index (κ2) is 11.0. The molecule has 2 aliphatic heterocycles. The number of carbonyl (C=O) groups is 1. The predicted octanol–water partition coefficient (Wildman–Crippen LogP) is 6.18. The van der Waals surface area contributed by atoms with Crippen molar-refractivity contribution in [3.63, 3.8) is 0 Å². The maximum atomic E-state index is 13.6. The molecule has 1 saturated carbocycles. The van der Waals surface area contributed by atoms with Crippen LogP contribution in [0.4, 0.5) is 16.4 Å². The van der Waals surface area contributed by atoms with Gasteiger partial charge in [0, 0.05) is 23.7 Å². The summed E-state index contributed by atoms with van der Waals surface area (Å²) in [6, 6.07) is 4.37. The van der Waals surface area contributed by atoms with E-state index < -0.39 is 11.7 Å². The zero-order chi connectivity index (χ0) is 29.8. The lowest BCUT2D eigenvalue weighted by Crippen LogP contribution is -2.57. The second-order valence-corrected chi connectivity index (χ2v) is 13.5. The van der Waals surface area contributed by atoms with E-state index in [-0.39, 0.29) is 17.6 Å². The SMILES string of the molecule is COC1COCC1(C)N1CCC(c2cc3nc(N(C(=O)OC(C)(C)C)c4cnn(C5CC5)c4C)ncc3cc2Cl)CC1.